The Balaban J connectivity index is 1.97. The first kappa shape index (κ1) is 13.1. The van der Waals surface area contributed by atoms with Gasteiger partial charge in [-0.2, -0.15) is 0 Å². The van der Waals surface area contributed by atoms with Gasteiger partial charge in [0.15, 0.2) is 0 Å². The molecule has 1 atom stereocenters. The summed E-state index contributed by atoms with van der Waals surface area (Å²) in [7, 11) is 0. The van der Waals surface area contributed by atoms with E-state index in [2.05, 4.69) is 28.1 Å². The third-order valence-corrected chi connectivity index (χ3v) is 3.35. The first-order valence-corrected chi connectivity index (χ1v) is 6.72. The predicted molar refractivity (Wildman–Crippen MR) is 77.9 cm³/mol. The van der Waals surface area contributed by atoms with Crippen molar-refractivity contribution in [3.05, 3.63) is 64.6 Å². The lowest BCUT2D eigenvalue weighted by atomic mass is 10.0. The second kappa shape index (κ2) is 6.57. The monoisotopic (exact) mass is 305 g/mol. The van der Waals surface area contributed by atoms with Crippen LogP contribution in [0.2, 0.25) is 0 Å². The SMILES string of the molecule is NCC(COc1ccc(Br)cc1)c1ccccc1. The first-order valence-electron chi connectivity index (χ1n) is 5.93. The number of benzene rings is 2. The van der Waals surface area contributed by atoms with Gasteiger partial charge in [-0.3, -0.25) is 0 Å². The Morgan fingerprint density at radius 1 is 1.00 bits per heavy atom. The number of hydrogen-bond donors (Lipinski definition) is 1. The van der Waals surface area contributed by atoms with Gasteiger partial charge >= 0.3 is 0 Å². The molecule has 94 valence electrons. The Morgan fingerprint density at radius 3 is 2.28 bits per heavy atom. The fourth-order valence-electron chi connectivity index (χ4n) is 1.75. The van der Waals surface area contributed by atoms with Crippen LogP contribution in [0.5, 0.6) is 5.75 Å². The molecule has 0 aromatic heterocycles. The van der Waals surface area contributed by atoms with Crippen molar-refractivity contribution in [1.29, 1.82) is 0 Å². The molecule has 0 aliphatic rings. The molecule has 0 aliphatic heterocycles. The molecular weight excluding hydrogens is 290 g/mol. The van der Waals surface area contributed by atoms with Crippen LogP contribution in [0.25, 0.3) is 0 Å². The highest BCUT2D eigenvalue weighted by molar-refractivity contribution is 9.10. The minimum Gasteiger partial charge on any atom is -0.493 e. The average molecular weight is 306 g/mol. The molecule has 0 saturated carbocycles. The lowest BCUT2D eigenvalue weighted by molar-refractivity contribution is 0.290. The van der Waals surface area contributed by atoms with Gasteiger partial charge in [0.2, 0.25) is 0 Å². The smallest absolute Gasteiger partial charge is 0.119 e. The molecule has 1 unspecified atom stereocenters. The van der Waals surface area contributed by atoms with E-state index in [1.54, 1.807) is 0 Å². The zero-order chi connectivity index (χ0) is 12.8. The van der Waals surface area contributed by atoms with E-state index in [9.17, 15) is 0 Å². The van der Waals surface area contributed by atoms with Gasteiger partial charge in [0.1, 0.15) is 5.75 Å². The molecule has 0 aliphatic carbocycles. The van der Waals surface area contributed by atoms with Gasteiger partial charge in [-0.05, 0) is 29.8 Å². The first-order chi connectivity index (χ1) is 8.79. The van der Waals surface area contributed by atoms with Crippen molar-refractivity contribution >= 4 is 15.9 Å². The number of rotatable bonds is 5. The van der Waals surface area contributed by atoms with Crippen molar-refractivity contribution in [1.82, 2.24) is 0 Å². The zero-order valence-electron chi connectivity index (χ0n) is 10.1. The third-order valence-electron chi connectivity index (χ3n) is 2.82. The summed E-state index contributed by atoms with van der Waals surface area (Å²) < 4.78 is 6.82. The van der Waals surface area contributed by atoms with Crippen molar-refractivity contribution in [2.24, 2.45) is 5.73 Å². The topological polar surface area (TPSA) is 35.2 Å². The van der Waals surface area contributed by atoms with Crippen LogP contribution >= 0.6 is 15.9 Å². The fourth-order valence-corrected chi connectivity index (χ4v) is 2.02. The van der Waals surface area contributed by atoms with E-state index in [1.807, 2.05) is 42.5 Å². The molecule has 0 saturated heterocycles. The van der Waals surface area contributed by atoms with E-state index in [0.717, 1.165) is 10.2 Å². The molecule has 2 aromatic rings. The molecule has 0 amide bonds. The van der Waals surface area contributed by atoms with Crippen LogP contribution < -0.4 is 10.5 Å². The Bertz CT molecular complexity index is 470. The van der Waals surface area contributed by atoms with Crippen LogP contribution in [0, 0.1) is 0 Å². The van der Waals surface area contributed by atoms with E-state index in [0.29, 0.717) is 13.2 Å². The lowest BCUT2D eigenvalue weighted by Crippen LogP contribution is -2.19. The molecule has 2 aromatic carbocycles. The molecule has 0 bridgehead atoms. The van der Waals surface area contributed by atoms with Gasteiger partial charge in [-0.1, -0.05) is 46.3 Å². The molecule has 3 heteroatoms. The molecule has 0 spiro atoms. The third kappa shape index (κ3) is 3.59. The van der Waals surface area contributed by atoms with Crippen molar-refractivity contribution in [2.45, 2.75) is 5.92 Å². The predicted octanol–water partition coefficient (Wildman–Crippen LogP) is 3.57. The maximum atomic E-state index is 5.81. The van der Waals surface area contributed by atoms with E-state index in [4.69, 9.17) is 10.5 Å². The average Bonchev–Trinajstić information content (AvgIpc) is 2.43. The Labute approximate surface area is 116 Å². The summed E-state index contributed by atoms with van der Waals surface area (Å²) >= 11 is 3.40. The fraction of sp³-hybridized carbons (Fsp3) is 0.200. The number of nitrogens with two attached hydrogens (primary N) is 1. The molecule has 0 fully saturated rings. The highest BCUT2D eigenvalue weighted by Gasteiger charge is 2.09. The van der Waals surface area contributed by atoms with Gasteiger partial charge < -0.3 is 10.5 Å². The quantitative estimate of drug-likeness (QED) is 0.916. The summed E-state index contributed by atoms with van der Waals surface area (Å²) in [6.07, 6.45) is 0. The number of ether oxygens (including phenoxy) is 1. The van der Waals surface area contributed by atoms with Crippen molar-refractivity contribution in [2.75, 3.05) is 13.2 Å². The second-order valence-corrected chi connectivity index (χ2v) is 5.02. The molecule has 0 heterocycles. The highest BCUT2D eigenvalue weighted by Crippen LogP contribution is 2.19. The summed E-state index contributed by atoms with van der Waals surface area (Å²) in [5, 5.41) is 0. The molecule has 18 heavy (non-hydrogen) atoms. The summed E-state index contributed by atoms with van der Waals surface area (Å²) in [6.45, 7) is 1.18. The molecule has 2 N–H and O–H groups in total. The maximum absolute atomic E-state index is 5.81. The molecule has 0 radical (unpaired) electrons. The van der Waals surface area contributed by atoms with Gasteiger partial charge in [-0.15, -0.1) is 0 Å². The highest BCUT2D eigenvalue weighted by atomic mass is 79.9. The van der Waals surface area contributed by atoms with E-state index in [1.165, 1.54) is 5.56 Å². The molecule has 2 rings (SSSR count). The van der Waals surface area contributed by atoms with Crippen molar-refractivity contribution < 1.29 is 4.74 Å². The van der Waals surface area contributed by atoms with Gasteiger partial charge in [0.05, 0.1) is 6.61 Å². The van der Waals surface area contributed by atoms with Gasteiger partial charge in [0.25, 0.3) is 0 Å². The Hall–Kier alpha value is -1.32. The zero-order valence-corrected chi connectivity index (χ0v) is 11.6. The molecular formula is C15H16BrNO. The van der Waals surface area contributed by atoms with Crippen LogP contribution in [-0.2, 0) is 0 Å². The second-order valence-electron chi connectivity index (χ2n) is 4.11. The largest absolute Gasteiger partial charge is 0.493 e. The summed E-state index contributed by atoms with van der Waals surface area (Å²) in [5.41, 5.74) is 7.03. The minimum atomic E-state index is 0.231. The summed E-state index contributed by atoms with van der Waals surface area (Å²) in [5.74, 6) is 1.10. The molecule has 2 nitrogen and oxygen atoms in total. The van der Waals surface area contributed by atoms with E-state index in [-0.39, 0.29) is 5.92 Å². The standard InChI is InChI=1S/C15H16BrNO/c16-14-6-8-15(9-7-14)18-11-13(10-17)12-4-2-1-3-5-12/h1-9,13H,10-11,17H2. The Morgan fingerprint density at radius 2 is 1.67 bits per heavy atom. The van der Waals surface area contributed by atoms with Crippen LogP contribution in [-0.4, -0.2) is 13.2 Å². The van der Waals surface area contributed by atoms with Gasteiger partial charge in [0, 0.05) is 16.9 Å². The minimum absolute atomic E-state index is 0.231. The van der Waals surface area contributed by atoms with Crippen molar-refractivity contribution in [3.63, 3.8) is 0 Å². The summed E-state index contributed by atoms with van der Waals surface area (Å²) in [4.78, 5) is 0. The van der Waals surface area contributed by atoms with E-state index < -0.39 is 0 Å². The lowest BCUT2D eigenvalue weighted by Gasteiger charge is -2.16. The van der Waals surface area contributed by atoms with Gasteiger partial charge in [-0.25, -0.2) is 0 Å². The summed E-state index contributed by atoms with van der Waals surface area (Å²) in [6, 6.07) is 18.1. The van der Waals surface area contributed by atoms with Crippen molar-refractivity contribution in [3.8, 4) is 5.75 Å². The van der Waals surface area contributed by atoms with Crippen LogP contribution in [0.3, 0.4) is 0 Å². The van der Waals surface area contributed by atoms with Crippen LogP contribution in [0.15, 0.2) is 59.1 Å². The van der Waals surface area contributed by atoms with E-state index >= 15 is 0 Å². The normalized spacial score (nSPS) is 12.1. The maximum Gasteiger partial charge on any atom is 0.119 e. The Kier molecular flexibility index (Phi) is 4.79. The van der Waals surface area contributed by atoms with Crippen LogP contribution in [0.4, 0.5) is 0 Å². The number of hydrogen-bond acceptors (Lipinski definition) is 2. The number of halogens is 1. The van der Waals surface area contributed by atoms with Crippen LogP contribution in [0.1, 0.15) is 11.5 Å².